The molecule has 96 valence electrons. The highest BCUT2D eigenvalue weighted by Gasteiger charge is 2.10. The number of hydrogen-bond acceptors (Lipinski definition) is 4. The molecule has 0 spiro atoms. The summed E-state index contributed by atoms with van der Waals surface area (Å²) in [4.78, 5) is 4.29. The third-order valence-corrected chi connectivity index (χ3v) is 2.95. The number of hydrogen-bond donors (Lipinski definition) is 1. The molecule has 1 unspecified atom stereocenters. The smallest absolute Gasteiger partial charge is 0.198 e. The second-order valence-electron chi connectivity index (χ2n) is 4.19. The average molecular weight is 246 g/mol. The molecular weight excluding hydrogens is 228 g/mol. The van der Waals surface area contributed by atoms with Gasteiger partial charge in [-0.2, -0.15) is 0 Å². The van der Waals surface area contributed by atoms with Gasteiger partial charge >= 0.3 is 0 Å². The highest BCUT2D eigenvalue weighted by molar-refractivity contribution is 5.28. The molecule has 4 nitrogen and oxygen atoms in total. The van der Waals surface area contributed by atoms with E-state index in [-0.39, 0.29) is 6.04 Å². The van der Waals surface area contributed by atoms with Crippen molar-refractivity contribution in [1.82, 2.24) is 10.3 Å². The number of rotatable bonds is 5. The van der Waals surface area contributed by atoms with E-state index >= 15 is 0 Å². The maximum Gasteiger partial charge on any atom is 0.198 e. The molecular formula is C14H18N2O2. The lowest BCUT2D eigenvalue weighted by atomic mass is 10.1. The van der Waals surface area contributed by atoms with Crippen molar-refractivity contribution in [2.45, 2.75) is 19.4 Å². The molecule has 1 heterocycles. The summed E-state index contributed by atoms with van der Waals surface area (Å²) < 4.78 is 10.8. The zero-order chi connectivity index (χ0) is 13.0. The molecule has 1 atom stereocenters. The number of aromatic nitrogens is 1. The molecule has 2 rings (SSSR count). The number of nitrogens with one attached hydrogen (secondary N) is 1. The summed E-state index contributed by atoms with van der Waals surface area (Å²) in [5.41, 5.74) is 1.15. The van der Waals surface area contributed by atoms with Gasteiger partial charge in [-0.1, -0.05) is 12.1 Å². The SMILES string of the molecule is CNC(C)c1cnc(Cc2ccc(OC)cc2)o1. The Labute approximate surface area is 107 Å². The number of oxazole rings is 1. The molecule has 0 fully saturated rings. The molecule has 0 aliphatic heterocycles. The second kappa shape index (κ2) is 5.69. The standard InChI is InChI=1S/C14H18N2O2/c1-10(15-2)13-9-16-14(18-13)8-11-4-6-12(17-3)7-5-11/h4-7,9-10,15H,8H2,1-3H3. The molecule has 0 aliphatic rings. The molecule has 18 heavy (non-hydrogen) atoms. The maximum atomic E-state index is 5.69. The summed E-state index contributed by atoms with van der Waals surface area (Å²) in [5, 5.41) is 3.12. The lowest BCUT2D eigenvalue weighted by Gasteiger charge is -2.04. The van der Waals surface area contributed by atoms with Crippen LogP contribution in [-0.2, 0) is 6.42 Å². The number of benzene rings is 1. The van der Waals surface area contributed by atoms with E-state index in [9.17, 15) is 0 Å². The minimum atomic E-state index is 0.183. The Morgan fingerprint density at radius 2 is 2.06 bits per heavy atom. The average Bonchev–Trinajstić information content (AvgIpc) is 2.87. The van der Waals surface area contributed by atoms with Crippen molar-refractivity contribution in [3.05, 3.63) is 47.7 Å². The fourth-order valence-corrected chi connectivity index (χ4v) is 1.67. The first kappa shape index (κ1) is 12.6. The van der Waals surface area contributed by atoms with E-state index in [0.29, 0.717) is 6.42 Å². The van der Waals surface area contributed by atoms with Gasteiger partial charge in [0.2, 0.25) is 0 Å². The normalized spacial score (nSPS) is 12.4. The summed E-state index contributed by atoms with van der Waals surface area (Å²) in [6.07, 6.45) is 2.47. The van der Waals surface area contributed by atoms with Crippen molar-refractivity contribution < 1.29 is 9.15 Å². The van der Waals surface area contributed by atoms with Gasteiger partial charge in [0, 0.05) is 6.42 Å². The Bertz CT molecular complexity index is 491. The van der Waals surface area contributed by atoms with Crippen LogP contribution in [0.1, 0.15) is 30.2 Å². The molecule has 1 aromatic carbocycles. The van der Waals surface area contributed by atoms with Crippen LogP contribution in [0.2, 0.25) is 0 Å². The predicted molar refractivity (Wildman–Crippen MR) is 69.8 cm³/mol. The van der Waals surface area contributed by atoms with Gasteiger partial charge < -0.3 is 14.5 Å². The topological polar surface area (TPSA) is 47.3 Å². The van der Waals surface area contributed by atoms with E-state index in [1.54, 1.807) is 13.3 Å². The van der Waals surface area contributed by atoms with E-state index in [1.807, 2.05) is 38.2 Å². The zero-order valence-electron chi connectivity index (χ0n) is 10.9. The number of methoxy groups -OCH3 is 1. The maximum absolute atomic E-state index is 5.69. The van der Waals surface area contributed by atoms with Crippen LogP contribution in [0, 0.1) is 0 Å². The quantitative estimate of drug-likeness (QED) is 0.880. The Kier molecular flexibility index (Phi) is 3.99. The van der Waals surface area contributed by atoms with Crippen LogP contribution in [0.4, 0.5) is 0 Å². The molecule has 2 aromatic rings. The van der Waals surface area contributed by atoms with Crippen molar-refractivity contribution in [1.29, 1.82) is 0 Å². The summed E-state index contributed by atoms with van der Waals surface area (Å²) in [6.45, 7) is 2.04. The molecule has 0 aliphatic carbocycles. The van der Waals surface area contributed by atoms with Crippen LogP contribution >= 0.6 is 0 Å². The molecule has 0 saturated heterocycles. The van der Waals surface area contributed by atoms with Crippen LogP contribution in [0.3, 0.4) is 0 Å². The van der Waals surface area contributed by atoms with Crippen molar-refractivity contribution >= 4 is 0 Å². The third-order valence-electron chi connectivity index (χ3n) is 2.95. The fraction of sp³-hybridized carbons (Fsp3) is 0.357. The first-order chi connectivity index (χ1) is 8.72. The van der Waals surface area contributed by atoms with Crippen LogP contribution < -0.4 is 10.1 Å². The molecule has 0 amide bonds. The van der Waals surface area contributed by atoms with Crippen LogP contribution in [-0.4, -0.2) is 19.1 Å². The molecule has 4 heteroatoms. The van der Waals surface area contributed by atoms with Crippen LogP contribution in [0.5, 0.6) is 5.75 Å². The molecule has 0 radical (unpaired) electrons. The first-order valence-corrected chi connectivity index (χ1v) is 5.97. The largest absolute Gasteiger partial charge is 0.497 e. The van der Waals surface area contributed by atoms with Crippen molar-refractivity contribution in [3.63, 3.8) is 0 Å². The molecule has 1 N–H and O–H groups in total. The van der Waals surface area contributed by atoms with Gasteiger partial charge in [-0.25, -0.2) is 4.98 Å². The number of nitrogens with zero attached hydrogens (tertiary/aromatic N) is 1. The van der Waals surface area contributed by atoms with Gasteiger partial charge in [0.15, 0.2) is 5.89 Å². The van der Waals surface area contributed by atoms with E-state index in [1.165, 1.54) is 0 Å². The minimum absolute atomic E-state index is 0.183. The van der Waals surface area contributed by atoms with Gasteiger partial charge in [0.1, 0.15) is 11.5 Å². The van der Waals surface area contributed by atoms with E-state index in [4.69, 9.17) is 9.15 Å². The summed E-state index contributed by atoms with van der Waals surface area (Å²) in [7, 11) is 3.56. The Balaban J connectivity index is 2.06. The molecule has 0 saturated carbocycles. The van der Waals surface area contributed by atoms with Gasteiger partial charge in [-0.15, -0.1) is 0 Å². The molecule has 1 aromatic heterocycles. The predicted octanol–water partition coefficient (Wildman–Crippen LogP) is 2.55. The van der Waals surface area contributed by atoms with Gasteiger partial charge in [0.25, 0.3) is 0 Å². The summed E-state index contributed by atoms with van der Waals surface area (Å²) >= 11 is 0. The highest BCUT2D eigenvalue weighted by Crippen LogP contribution is 2.17. The Morgan fingerprint density at radius 1 is 1.33 bits per heavy atom. The summed E-state index contributed by atoms with van der Waals surface area (Å²) in [5.74, 6) is 2.45. The van der Waals surface area contributed by atoms with E-state index in [2.05, 4.69) is 10.3 Å². The fourth-order valence-electron chi connectivity index (χ4n) is 1.67. The van der Waals surface area contributed by atoms with Gasteiger partial charge in [-0.05, 0) is 31.7 Å². The second-order valence-corrected chi connectivity index (χ2v) is 4.19. The zero-order valence-corrected chi connectivity index (χ0v) is 10.9. The first-order valence-electron chi connectivity index (χ1n) is 5.97. The van der Waals surface area contributed by atoms with Gasteiger partial charge in [-0.3, -0.25) is 0 Å². The third kappa shape index (κ3) is 2.90. The lowest BCUT2D eigenvalue weighted by Crippen LogP contribution is -2.11. The monoisotopic (exact) mass is 246 g/mol. The van der Waals surface area contributed by atoms with Crippen molar-refractivity contribution in [2.24, 2.45) is 0 Å². The lowest BCUT2D eigenvalue weighted by molar-refractivity contribution is 0.413. The van der Waals surface area contributed by atoms with E-state index in [0.717, 1.165) is 23.0 Å². The Morgan fingerprint density at radius 3 is 2.67 bits per heavy atom. The number of ether oxygens (including phenoxy) is 1. The van der Waals surface area contributed by atoms with Crippen LogP contribution in [0.15, 0.2) is 34.9 Å². The minimum Gasteiger partial charge on any atom is -0.497 e. The van der Waals surface area contributed by atoms with Crippen LogP contribution in [0.25, 0.3) is 0 Å². The Hall–Kier alpha value is -1.81. The van der Waals surface area contributed by atoms with Crippen molar-refractivity contribution in [2.75, 3.05) is 14.2 Å². The van der Waals surface area contributed by atoms with E-state index < -0.39 is 0 Å². The highest BCUT2D eigenvalue weighted by atomic mass is 16.5. The molecule has 0 bridgehead atoms. The van der Waals surface area contributed by atoms with Crippen molar-refractivity contribution in [3.8, 4) is 5.75 Å². The van der Waals surface area contributed by atoms with Gasteiger partial charge in [0.05, 0.1) is 19.3 Å². The summed E-state index contributed by atoms with van der Waals surface area (Å²) in [6, 6.07) is 8.10.